The molecule has 18 heavy (non-hydrogen) atoms. The van der Waals surface area contributed by atoms with Crippen molar-refractivity contribution < 1.29 is 14.6 Å². The zero-order valence-electron chi connectivity index (χ0n) is 10.8. The molecule has 0 unspecified atom stereocenters. The second kappa shape index (κ2) is 5.89. The SMILES string of the molecule is CCc1cccc(C2CCCC2)c1OCC(=O)O. The highest BCUT2D eigenvalue weighted by Crippen LogP contribution is 2.40. The smallest absolute Gasteiger partial charge is 0.341 e. The van der Waals surface area contributed by atoms with Crippen molar-refractivity contribution in [3.63, 3.8) is 0 Å². The van der Waals surface area contributed by atoms with Crippen LogP contribution in [0.25, 0.3) is 0 Å². The van der Waals surface area contributed by atoms with E-state index in [1.165, 1.54) is 31.2 Å². The Labute approximate surface area is 108 Å². The van der Waals surface area contributed by atoms with Crippen molar-refractivity contribution >= 4 is 5.97 Å². The largest absolute Gasteiger partial charge is 0.481 e. The quantitative estimate of drug-likeness (QED) is 0.869. The predicted octanol–water partition coefficient (Wildman–Crippen LogP) is 3.37. The first kappa shape index (κ1) is 12.9. The van der Waals surface area contributed by atoms with Crippen molar-refractivity contribution in [1.82, 2.24) is 0 Å². The van der Waals surface area contributed by atoms with E-state index in [0.717, 1.165) is 17.7 Å². The minimum absolute atomic E-state index is 0.253. The molecule has 2 rings (SSSR count). The Morgan fingerprint density at radius 1 is 1.39 bits per heavy atom. The van der Waals surface area contributed by atoms with E-state index in [9.17, 15) is 4.79 Å². The average molecular weight is 248 g/mol. The van der Waals surface area contributed by atoms with Crippen LogP contribution in [-0.4, -0.2) is 17.7 Å². The Hall–Kier alpha value is -1.51. The first-order valence-corrected chi connectivity index (χ1v) is 6.68. The topological polar surface area (TPSA) is 46.5 Å². The van der Waals surface area contributed by atoms with Crippen molar-refractivity contribution in [3.8, 4) is 5.75 Å². The number of hydrogen-bond donors (Lipinski definition) is 1. The maximum atomic E-state index is 10.7. The van der Waals surface area contributed by atoms with Gasteiger partial charge in [-0.2, -0.15) is 0 Å². The van der Waals surface area contributed by atoms with E-state index in [1.807, 2.05) is 6.07 Å². The molecule has 1 fully saturated rings. The monoisotopic (exact) mass is 248 g/mol. The third kappa shape index (κ3) is 2.84. The Balaban J connectivity index is 2.28. The van der Waals surface area contributed by atoms with E-state index in [0.29, 0.717) is 5.92 Å². The Kier molecular flexibility index (Phi) is 4.24. The fraction of sp³-hybridized carbons (Fsp3) is 0.533. The van der Waals surface area contributed by atoms with E-state index >= 15 is 0 Å². The molecular weight excluding hydrogens is 228 g/mol. The summed E-state index contributed by atoms with van der Waals surface area (Å²) >= 11 is 0. The summed E-state index contributed by atoms with van der Waals surface area (Å²) in [7, 11) is 0. The van der Waals surface area contributed by atoms with Crippen molar-refractivity contribution in [2.75, 3.05) is 6.61 Å². The van der Waals surface area contributed by atoms with Gasteiger partial charge in [-0.25, -0.2) is 4.79 Å². The Bertz CT molecular complexity index is 420. The van der Waals surface area contributed by atoms with Crippen molar-refractivity contribution in [2.45, 2.75) is 44.9 Å². The van der Waals surface area contributed by atoms with Crippen LogP contribution in [0, 0.1) is 0 Å². The van der Waals surface area contributed by atoms with Gasteiger partial charge < -0.3 is 9.84 Å². The second-order valence-corrected chi connectivity index (χ2v) is 4.85. The molecule has 0 amide bonds. The summed E-state index contributed by atoms with van der Waals surface area (Å²) in [5.41, 5.74) is 2.31. The van der Waals surface area contributed by atoms with Gasteiger partial charge in [-0.3, -0.25) is 0 Å². The molecule has 0 aromatic heterocycles. The summed E-state index contributed by atoms with van der Waals surface area (Å²) in [5.74, 6) is 0.438. The number of aliphatic carboxylic acids is 1. The lowest BCUT2D eigenvalue weighted by atomic mass is 9.94. The molecule has 3 nitrogen and oxygen atoms in total. The molecular formula is C15H20O3. The third-order valence-electron chi connectivity index (χ3n) is 3.64. The van der Waals surface area contributed by atoms with Gasteiger partial charge in [0.25, 0.3) is 0 Å². The zero-order chi connectivity index (χ0) is 13.0. The van der Waals surface area contributed by atoms with Crippen LogP contribution in [0.15, 0.2) is 18.2 Å². The van der Waals surface area contributed by atoms with Gasteiger partial charge >= 0.3 is 5.97 Å². The predicted molar refractivity (Wildman–Crippen MR) is 70.2 cm³/mol. The normalized spacial score (nSPS) is 15.8. The van der Waals surface area contributed by atoms with Crippen molar-refractivity contribution in [1.29, 1.82) is 0 Å². The van der Waals surface area contributed by atoms with Crippen LogP contribution in [-0.2, 0) is 11.2 Å². The molecule has 1 N–H and O–H groups in total. The number of para-hydroxylation sites is 1. The fourth-order valence-corrected chi connectivity index (χ4v) is 2.75. The van der Waals surface area contributed by atoms with Crippen molar-refractivity contribution in [2.24, 2.45) is 0 Å². The number of ether oxygens (including phenoxy) is 1. The highest BCUT2D eigenvalue weighted by Gasteiger charge is 2.22. The average Bonchev–Trinajstić information content (AvgIpc) is 2.89. The van der Waals surface area contributed by atoms with Gasteiger partial charge in [-0.1, -0.05) is 38.0 Å². The van der Waals surface area contributed by atoms with Gasteiger partial charge in [-0.05, 0) is 36.3 Å². The molecule has 0 aliphatic heterocycles. The fourth-order valence-electron chi connectivity index (χ4n) is 2.75. The lowest BCUT2D eigenvalue weighted by Crippen LogP contribution is -2.12. The molecule has 1 aromatic carbocycles. The van der Waals surface area contributed by atoms with Gasteiger partial charge in [0.15, 0.2) is 6.61 Å². The van der Waals surface area contributed by atoms with Gasteiger partial charge in [0.05, 0.1) is 0 Å². The number of carbonyl (C=O) groups is 1. The van der Waals surface area contributed by atoms with Gasteiger partial charge in [0.1, 0.15) is 5.75 Å². The summed E-state index contributed by atoms with van der Waals surface area (Å²) in [5, 5.41) is 8.77. The van der Waals surface area contributed by atoms with E-state index in [2.05, 4.69) is 19.1 Å². The molecule has 3 heteroatoms. The number of benzene rings is 1. The summed E-state index contributed by atoms with van der Waals surface area (Å²) < 4.78 is 5.53. The second-order valence-electron chi connectivity index (χ2n) is 4.85. The van der Waals surface area contributed by atoms with Crippen molar-refractivity contribution in [3.05, 3.63) is 29.3 Å². The molecule has 0 heterocycles. The summed E-state index contributed by atoms with van der Waals surface area (Å²) in [6.07, 6.45) is 5.78. The summed E-state index contributed by atoms with van der Waals surface area (Å²) in [6.45, 7) is 1.82. The molecule has 0 bridgehead atoms. The Morgan fingerprint density at radius 2 is 2.11 bits per heavy atom. The molecule has 1 aliphatic carbocycles. The van der Waals surface area contributed by atoms with Gasteiger partial charge in [0.2, 0.25) is 0 Å². The first-order valence-electron chi connectivity index (χ1n) is 6.68. The standard InChI is InChI=1S/C15H20O3/c1-2-11-8-5-9-13(12-6-3-4-7-12)15(11)18-10-14(16)17/h5,8-9,12H,2-4,6-7,10H2,1H3,(H,16,17). The zero-order valence-corrected chi connectivity index (χ0v) is 10.8. The summed E-state index contributed by atoms with van der Waals surface area (Å²) in [6, 6.07) is 6.17. The van der Waals surface area contributed by atoms with Crippen LogP contribution in [0.3, 0.4) is 0 Å². The van der Waals surface area contributed by atoms with Gasteiger partial charge in [-0.15, -0.1) is 0 Å². The van der Waals surface area contributed by atoms with E-state index in [-0.39, 0.29) is 6.61 Å². The Morgan fingerprint density at radius 3 is 2.72 bits per heavy atom. The molecule has 1 aliphatic rings. The summed E-state index contributed by atoms with van der Waals surface area (Å²) in [4.78, 5) is 10.7. The number of carboxylic acid groups (broad SMARTS) is 1. The first-order chi connectivity index (χ1) is 8.72. The maximum Gasteiger partial charge on any atom is 0.341 e. The van der Waals surface area contributed by atoms with E-state index < -0.39 is 5.97 Å². The van der Waals surface area contributed by atoms with Crippen LogP contribution in [0.2, 0.25) is 0 Å². The minimum atomic E-state index is -0.918. The molecule has 1 aromatic rings. The number of hydrogen-bond acceptors (Lipinski definition) is 2. The lowest BCUT2D eigenvalue weighted by Gasteiger charge is -2.18. The van der Waals surface area contributed by atoms with E-state index in [1.54, 1.807) is 0 Å². The van der Waals surface area contributed by atoms with Crippen LogP contribution < -0.4 is 4.74 Å². The van der Waals surface area contributed by atoms with Crippen LogP contribution in [0.5, 0.6) is 5.75 Å². The molecule has 0 saturated heterocycles. The molecule has 0 spiro atoms. The highest BCUT2D eigenvalue weighted by molar-refractivity contribution is 5.68. The molecule has 0 radical (unpaired) electrons. The van der Waals surface area contributed by atoms with Crippen LogP contribution >= 0.6 is 0 Å². The number of carboxylic acids is 1. The molecule has 98 valence electrons. The molecule has 0 atom stereocenters. The maximum absolute atomic E-state index is 10.7. The van der Waals surface area contributed by atoms with Crippen LogP contribution in [0.4, 0.5) is 0 Å². The lowest BCUT2D eigenvalue weighted by molar-refractivity contribution is -0.139. The van der Waals surface area contributed by atoms with E-state index in [4.69, 9.17) is 9.84 Å². The number of rotatable bonds is 5. The minimum Gasteiger partial charge on any atom is -0.481 e. The van der Waals surface area contributed by atoms with Crippen LogP contribution in [0.1, 0.15) is 49.7 Å². The number of aryl methyl sites for hydroxylation is 1. The molecule has 1 saturated carbocycles. The highest BCUT2D eigenvalue weighted by atomic mass is 16.5. The van der Waals surface area contributed by atoms with Gasteiger partial charge in [0, 0.05) is 0 Å². The third-order valence-corrected chi connectivity index (χ3v) is 3.64.